The predicted octanol–water partition coefficient (Wildman–Crippen LogP) is 4.05. The molecule has 24 heavy (non-hydrogen) atoms. The molecule has 3 heterocycles. The quantitative estimate of drug-likeness (QED) is 0.580. The second kappa shape index (κ2) is 5.67. The van der Waals surface area contributed by atoms with Crippen molar-refractivity contribution in [3.63, 3.8) is 0 Å². The molecule has 0 spiro atoms. The summed E-state index contributed by atoms with van der Waals surface area (Å²) in [6.07, 6.45) is 7.63. The fourth-order valence-electron chi connectivity index (χ4n) is 3.01. The van der Waals surface area contributed by atoms with Crippen molar-refractivity contribution >= 4 is 11.0 Å². The van der Waals surface area contributed by atoms with Crippen molar-refractivity contribution < 1.29 is 0 Å². The van der Waals surface area contributed by atoms with Gasteiger partial charge in [0.05, 0.1) is 6.20 Å². The van der Waals surface area contributed by atoms with Gasteiger partial charge in [-0.15, -0.1) is 0 Å². The van der Waals surface area contributed by atoms with E-state index in [0.29, 0.717) is 6.54 Å². The van der Waals surface area contributed by atoms with E-state index < -0.39 is 0 Å². The second-order valence-electron chi connectivity index (χ2n) is 5.70. The standard InChI is InChI=1S/C19H15N5/c1-20-9-13-4-3-5-14(8-13)16-6-7-21-19-18(16)17(11-22-19)15-10-23-24(2)12-15/h3-8,10-12H,9H2,2H3,(H,21,22). The maximum absolute atomic E-state index is 7.07. The highest BCUT2D eigenvalue weighted by atomic mass is 15.2. The SMILES string of the molecule is [C-]#[N+]Cc1cccc(-c2ccnc3[nH]cc(-c4cnn(C)c4)c23)c1. The Morgan fingerprint density at radius 1 is 1.21 bits per heavy atom. The molecule has 5 heteroatoms. The Balaban J connectivity index is 1.95. The highest BCUT2D eigenvalue weighted by Crippen LogP contribution is 2.35. The molecule has 4 aromatic rings. The Kier molecular flexibility index (Phi) is 3.36. The van der Waals surface area contributed by atoms with Gasteiger partial charge in [-0.25, -0.2) is 11.6 Å². The molecule has 4 rings (SSSR count). The van der Waals surface area contributed by atoms with E-state index >= 15 is 0 Å². The molecule has 116 valence electrons. The molecule has 0 amide bonds. The van der Waals surface area contributed by atoms with Crippen molar-refractivity contribution in [2.45, 2.75) is 6.54 Å². The Morgan fingerprint density at radius 3 is 2.92 bits per heavy atom. The number of pyridine rings is 1. The van der Waals surface area contributed by atoms with Crippen molar-refractivity contribution in [1.29, 1.82) is 0 Å². The summed E-state index contributed by atoms with van der Waals surface area (Å²) < 4.78 is 1.79. The lowest BCUT2D eigenvalue weighted by Gasteiger charge is -2.06. The first kappa shape index (κ1) is 14.2. The molecular formula is C19H15N5. The molecule has 0 atom stereocenters. The molecule has 0 fully saturated rings. The molecule has 0 unspecified atom stereocenters. The minimum atomic E-state index is 0.394. The van der Waals surface area contributed by atoms with Gasteiger partial charge < -0.3 is 9.83 Å². The van der Waals surface area contributed by atoms with E-state index in [2.05, 4.69) is 32.0 Å². The van der Waals surface area contributed by atoms with Gasteiger partial charge in [-0.2, -0.15) is 5.10 Å². The molecule has 5 nitrogen and oxygen atoms in total. The smallest absolute Gasteiger partial charge is 0.239 e. The van der Waals surface area contributed by atoms with Crippen LogP contribution in [0.4, 0.5) is 0 Å². The molecule has 0 aliphatic rings. The molecule has 0 saturated heterocycles. The molecule has 3 aromatic heterocycles. The van der Waals surface area contributed by atoms with Crippen LogP contribution >= 0.6 is 0 Å². The van der Waals surface area contributed by atoms with Crippen LogP contribution in [0.15, 0.2) is 55.1 Å². The third-order valence-electron chi connectivity index (χ3n) is 4.09. The number of hydrogen-bond acceptors (Lipinski definition) is 2. The van der Waals surface area contributed by atoms with Crippen LogP contribution < -0.4 is 0 Å². The lowest BCUT2D eigenvalue weighted by Crippen LogP contribution is -1.86. The zero-order valence-electron chi connectivity index (χ0n) is 13.2. The summed E-state index contributed by atoms with van der Waals surface area (Å²) in [6.45, 7) is 7.46. The highest BCUT2D eigenvalue weighted by Gasteiger charge is 2.14. The molecule has 0 aliphatic carbocycles. The van der Waals surface area contributed by atoms with E-state index in [1.54, 1.807) is 4.68 Å². The van der Waals surface area contributed by atoms with Gasteiger partial charge in [-0.3, -0.25) is 4.68 Å². The third kappa shape index (κ3) is 2.34. The summed E-state index contributed by atoms with van der Waals surface area (Å²) in [5.74, 6) is 0. The van der Waals surface area contributed by atoms with Crippen molar-refractivity contribution in [3.8, 4) is 22.3 Å². The van der Waals surface area contributed by atoms with Gasteiger partial charge in [0.2, 0.25) is 6.54 Å². The van der Waals surface area contributed by atoms with E-state index in [1.807, 2.05) is 50.0 Å². The molecule has 0 bridgehead atoms. The summed E-state index contributed by atoms with van der Waals surface area (Å²) in [4.78, 5) is 11.2. The van der Waals surface area contributed by atoms with Crippen molar-refractivity contribution in [1.82, 2.24) is 19.7 Å². The summed E-state index contributed by atoms with van der Waals surface area (Å²) in [6, 6.07) is 10.2. The maximum Gasteiger partial charge on any atom is 0.239 e. The van der Waals surface area contributed by atoms with Crippen LogP contribution in [0.1, 0.15) is 5.56 Å². The van der Waals surface area contributed by atoms with Crippen LogP contribution in [0, 0.1) is 6.57 Å². The number of aromatic amines is 1. The van der Waals surface area contributed by atoms with Crippen LogP contribution in [0.3, 0.4) is 0 Å². The first-order valence-corrected chi connectivity index (χ1v) is 7.64. The predicted molar refractivity (Wildman–Crippen MR) is 94.0 cm³/mol. The number of nitrogens with one attached hydrogen (secondary N) is 1. The lowest BCUT2D eigenvalue weighted by atomic mass is 9.98. The number of H-pyrrole nitrogens is 1. The van der Waals surface area contributed by atoms with Crippen LogP contribution in [0.5, 0.6) is 0 Å². The summed E-state index contributed by atoms with van der Waals surface area (Å²) in [7, 11) is 1.91. The number of aromatic nitrogens is 4. The number of nitrogens with zero attached hydrogens (tertiary/aromatic N) is 4. The topological polar surface area (TPSA) is 50.9 Å². The van der Waals surface area contributed by atoms with Crippen LogP contribution in [-0.4, -0.2) is 19.7 Å². The molecule has 0 aliphatic heterocycles. The summed E-state index contributed by atoms with van der Waals surface area (Å²) in [5, 5.41) is 5.34. The minimum Gasteiger partial charge on any atom is -0.345 e. The van der Waals surface area contributed by atoms with Crippen LogP contribution in [-0.2, 0) is 13.6 Å². The molecule has 0 saturated carbocycles. The fraction of sp³-hybridized carbons (Fsp3) is 0.105. The number of aryl methyl sites for hydroxylation is 1. The van der Waals surface area contributed by atoms with E-state index in [9.17, 15) is 0 Å². The lowest BCUT2D eigenvalue weighted by molar-refractivity contribution is 0.768. The van der Waals surface area contributed by atoms with Gasteiger partial charge in [0, 0.05) is 47.7 Å². The van der Waals surface area contributed by atoms with Gasteiger partial charge in [-0.05, 0) is 23.3 Å². The van der Waals surface area contributed by atoms with Crippen molar-refractivity contribution in [2.24, 2.45) is 7.05 Å². The maximum atomic E-state index is 7.07. The zero-order chi connectivity index (χ0) is 16.5. The highest BCUT2D eigenvalue weighted by molar-refractivity contribution is 6.03. The van der Waals surface area contributed by atoms with Gasteiger partial charge in [0.1, 0.15) is 5.65 Å². The first-order valence-electron chi connectivity index (χ1n) is 7.64. The van der Waals surface area contributed by atoms with Gasteiger partial charge >= 0.3 is 0 Å². The molecule has 1 aromatic carbocycles. The van der Waals surface area contributed by atoms with E-state index in [-0.39, 0.29) is 0 Å². The number of benzene rings is 1. The van der Waals surface area contributed by atoms with Gasteiger partial charge in [0.25, 0.3) is 0 Å². The van der Waals surface area contributed by atoms with Crippen molar-refractivity contribution in [3.05, 3.63) is 72.1 Å². The average molecular weight is 313 g/mol. The van der Waals surface area contributed by atoms with Gasteiger partial charge in [0.15, 0.2) is 0 Å². The number of fused-ring (bicyclic) bond motifs is 1. The number of hydrogen-bond donors (Lipinski definition) is 1. The fourth-order valence-corrected chi connectivity index (χ4v) is 3.01. The van der Waals surface area contributed by atoms with Crippen LogP contribution in [0.2, 0.25) is 0 Å². The van der Waals surface area contributed by atoms with Gasteiger partial charge in [-0.1, -0.05) is 18.2 Å². The first-order chi connectivity index (χ1) is 11.8. The van der Waals surface area contributed by atoms with E-state index in [1.165, 1.54) is 0 Å². The zero-order valence-corrected chi connectivity index (χ0v) is 13.2. The third-order valence-corrected chi connectivity index (χ3v) is 4.09. The largest absolute Gasteiger partial charge is 0.345 e. The monoisotopic (exact) mass is 313 g/mol. The summed E-state index contributed by atoms with van der Waals surface area (Å²) >= 11 is 0. The number of rotatable bonds is 3. The Morgan fingerprint density at radius 2 is 2.12 bits per heavy atom. The Hall–Kier alpha value is -3.39. The minimum absolute atomic E-state index is 0.394. The molecular weight excluding hydrogens is 298 g/mol. The molecule has 0 radical (unpaired) electrons. The summed E-state index contributed by atoms with van der Waals surface area (Å²) in [5.41, 5.74) is 6.19. The van der Waals surface area contributed by atoms with E-state index in [0.717, 1.165) is 38.9 Å². The Bertz CT molecular complexity index is 1060. The second-order valence-corrected chi connectivity index (χ2v) is 5.70. The Labute approximate surface area is 139 Å². The average Bonchev–Trinajstić information content (AvgIpc) is 3.21. The molecule has 1 N–H and O–H groups in total. The van der Waals surface area contributed by atoms with Crippen molar-refractivity contribution in [2.75, 3.05) is 0 Å². The normalized spacial score (nSPS) is 10.8. The van der Waals surface area contributed by atoms with Crippen LogP contribution in [0.25, 0.3) is 38.1 Å². The van der Waals surface area contributed by atoms with E-state index in [4.69, 9.17) is 6.57 Å².